The Labute approximate surface area is 113 Å². The Bertz CT molecular complexity index is 450. The summed E-state index contributed by atoms with van der Waals surface area (Å²) in [6, 6.07) is 6.06. The van der Waals surface area contributed by atoms with E-state index in [2.05, 4.69) is 11.9 Å². The number of nitrogens with zero attached hydrogens (tertiary/aromatic N) is 1. The van der Waals surface area contributed by atoms with Crippen molar-refractivity contribution >= 4 is 5.97 Å². The largest absolute Gasteiger partial charge is 0.489 e. The van der Waals surface area contributed by atoms with E-state index in [0.29, 0.717) is 11.3 Å². The molecule has 0 amide bonds. The molecule has 1 fully saturated rings. The standard InChI is InChI=1S/C14H20N2O3/c1-16-8-4-5-10(9-16)19-12-7-3-2-6-11(12)13(15)14(17)18/h2-3,6-7,10,13H,4-5,8-9,15H2,1H3,(H,17,18). The van der Waals surface area contributed by atoms with Gasteiger partial charge in [0, 0.05) is 12.1 Å². The normalized spacial score (nSPS) is 21.9. The van der Waals surface area contributed by atoms with Crippen LogP contribution in [0.2, 0.25) is 0 Å². The van der Waals surface area contributed by atoms with E-state index in [1.807, 2.05) is 6.07 Å². The second kappa shape index (κ2) is 6.04. The molecule has 1 aromatic carbocycles. The van der Waals surface area contributed by atoms with Crippen LogP contribution in [-0.4, -0.2) is 42.2 Å². The first kappa shape index (κ1) is 13.8. The molecular weight excluding hydrogens is 244 g/mol. The zero-order valence-corrected chi connectivity index (χ0v) is 11.1. The molecule has 1 saturated heterocycles. The summed E-state index contributed by atoms with van der Waals surface area (Å²) in [5.74, 6) is -0.463. The van der Waals surface area contributed by atoms with Crippen LogP contribution in [0.5, 0.6) is 5.75 Å². The third-order valence-electron chi connectivity index (χ3n) is 3.40. The summed E-state index contributed by atoms with van der Waals surface area (Å²) < 4.78 is 5.94. The minimum Gasteiger partial charge on any atom is -0.489 e. The SMILES string of the molecule is CN1CCCC(Oc2ccccc2C(N)C(=O)O)C1. The molecule has 3 N–H and O–H groups in total. The predicted molar refractivity (Wildman–Crippen MR) is 72.2 cm³/mol. The number of likely N-dealkylation sites (tertiary alicyclic amines) is 1. The van der Waals surface area contributed by atoms with Crippen molar-refractivity contribution in [2.45, 2.75) is 25.0 Å². The zero-order valence-electron chi connectivity index (χ0n) is 11.1. The monoisotopic (exact) mass is 264 g/mol. The molecule has 1 aromatic rings. The molecular formula is C14H20N2O3. The van der Waals surface area contributed by atoms with Crippen LogP contribution in [0.4, 0.5) is 0 Å². The molecule has 1 aliphatic rings. The van der Waals surface area contributed by atoms with Crippen molar-refractivity contribution in [1.29, 1.82) is 0 Å². The Morgan fingerprint density at radius 3 is 2.95 bits per heavy atom. The van der Waals surface area contributed by atoms with E-state index in [4.69, 9.17) is 15.6 Å². The van der Waals surface area contributed by atoms with E-state index in [0.717, 1.165) is 25.9 Å². The number of piperidine rings is 1. The van der Waals surface area contributed by atoms with Crippen LogP contribution < -0.4 is 10.5 Å². The van der Waals surface area contributed by atoms with E-state index in [9.17, 15) is 4.79 Å². The highest BCUT2D eigenvalue weighted by atomic mass is 16.5. The molecule has 5 nitrogen and oxygen atoms in total. The number of carboxylic acids is 1. The van der Waals surface area contributed by atoms with Crippen LogP contribution in [0.1, 0.15) is 24.4 Å². The van der Waals surface area contributed by atoms with Crippen molar-refractivity contribution in [2.24, 2.45) is 5.73 Å². The summed E-state index contributed by atoms with van der Waals surface area (Å²) in [6.45, 7) is 1.94. The lowest BCUT2D eigenvalue weighted by atomic mass is 10.1. The van der Waals surface area contributed by atoms with Crippen LogP contribution in [0.25, 0.3) is 0 Å². The van der Waals surface area contributed by atoms with Gasteiger partial charge < -0.3 is 20.5 Å². The van der Waals surface area contributed by atoms with Gasteiger partial charge in [-0.15, -0.1) is 0 Å². The molecule has 0 bridgehead atoms. The number of rotatable bonds is 4. The molecule has 19 heavy (non-hydrogen) atoms. The highest BCUT2D eigenvalue weighted by Gasteiger charge is 2.23. The zero-order chi connectivity index (χ0) is 13.8. The van der Waals surface area contributed by atoms with Crippen LogP contribution in [0.3, 0.4) is 0 Å². The number of hydrogen-bond acceptors (Lipinski definition) is 4. The molecule has 0 saturated carbocycles. The van der Waals surface area contributed by atoms with E-state index >= 15 is 0 Å². The van der Waals surface area contributed by atoms with Crippen LogP contribution in [0.15, 0.2) is 24.3 Å². The van der Waals surface area contributed by atoms with Gasteiger partial charge in [-0.2, -0.15) is 0 Å². The lowest BCUT2D eigenvalue weighted by molar-refractivity contribution is -0.138. The predicted octanol–water partition coefficient (Wildman–Crippen LogP) is 1.24. The Kier molecular flexibility index (Phi) is 4.39. The quantitative estimate of drug-likeness (QED) is 0.856. The lowest BCUT2D eigenvalue weighted by Gasteiger charge is -2.30. The van der Waals surface area contributed by atoms with Gasteiger partial charge in [0.25, 0.3) is 0 Å². The minimum atomic E-state index is -1.04. The molecule has 0 spiro atoms. The maximum atomic E-state index is 11.0. The average Bonchev–Trinajstić information content (AvgIpc) is 2.38. The van der Waals surface area contributed by atoms with Crippen LogP contribution in [-0.2, 0) is 4.79 Å². The number of nitrogens with two attached hydrogens (primary N) is 1. The molecule has 1 heterocycles. The van der Waals surface area contributed by atoms with Gasteiger partial charge in [-0.05, 0) is 32.5 Å². The average molecular weight is 264 g/mol. The van der Waals surface area contributed by atoms with Crippen molar-refractivity contribution in [1.82, 2.24) is 4.90 Å². The summed E-state index contributed by atoms with van der Waals surface area (Å²) in [5.41, 5.74) is 6.21. The second-order valence-corrected chi connectivity index (χ2v) is 5.00. The summed E-state index contributed by atoms with van der Waals surface area (Å²) in [6.07, 6.45) is 2.18. The molecule has 0 aromatic heterocycles. The third kappa shape index (κ3) is 3.45. The number of carboxylic acid groups (broad SMARTS) is 1. The fraction of sp³-hybridized carbons (Fsp3) is 0.500. The summed E-state index contributed by atoms with van der Waals surface area (Å²) in [7, 11) is 2.06. The molecule has 1 aliphatic heterocycles. The van der Waals surface area contributed by atoms with Gasteiger partial charge in [0.1, 0.15) is 17.9 Å². The van der Waals surface area contributed by atoms with Crippen molar-refractivity contribution in [3.8, 4) is 5.75 Å². The Balaban J connectivity index is 2.13. The number of likely N-dealkylation sites (N-methyl/N-ethyl adjacent to an activating group) is 1. The van der Waals surface area contributed by atoms with Gasteiger partial charge in [0.2, 0.25) is 0 Å². The van der Waals surface area contributed by atoms with Crippen molar-refractivity contribution in [3.63, 3.8) is 0 Å². The third-order valence-corrected chi connectivity index (χ3v) is 3.40. The van der Waals surface area contributed by atoms with E-state index in [1.165, 1.54) is 0 Å². The smallest absolute Gasteiger partial charge is 0.325 e. The lowest BCUT2D eigenvalue weighted by Crippen LogP contribution is -2.39. The second-order valence-electron chi connectivity index (χ2n) is 5.00. The fourth-order valence-corrected chi connectivity index (χ4v) is 2.37. The van der Waals surface area contributed by atoms with Gasteiger partial charge in [-0.3, -0.25) is 4.79 Å². The summed E-state index contributed by atoms with van der Waals surface area (Å²) in [4.78, 5) is 13.2. The van der Waals surface area contributed by atoms with E-state index in [1.54, 1.807) is 18.2 Å². The number of benzene rings is 1. The van der Waals surface area contributed by atoms with E-state index in [-0.39, 0.29) is 6.10 Å². The highest BCUT2D eigenvalue weighted by molar-refractivity contribution is 5.76. The van der Waals surface area contributed by atoms with Gasteiger partial charge in [0.15, 0.2) is 0 Å². The fourth-order valence-electron chi connectivity index (χ4n) is 2.37. The molecule has 5 heteroatoms. The van der Waals surface area contributed by atoms with Gasteiger partial charge >= 0.3 is 5.97 Å². The Morgan fingerprint density at radius 2 is 2.26 bits per heavy atom. The van der Waals surface area contributed by atoms with E-state index < -0.39 is 12.0 Å². The first-order valence-electron chi connectivity index (χ1n) is 6.50. The molecule has 2 rings (SSSR count). The molecule has 0 aliphatic carbocycles. The first-order chi connectivity index (χ1) is 9.08. The van der Waals surface area contributed by atoms with Gasteiger partial charge in [-0.1, -0.05) is 18.2 Å². The number of carbonyl (C=O) groups is 1. The minimum absolute atomic E-state index is 0.0981. The molecule has 0 radical (unpaired) electrons. The molecule has 2 atom stereocenters. The number of hydrogen-bond donors (Lipinski definition) is 2. The van der Waals surface area contributed by atoms with Crippen molar-refractivity contribution in [3.05, 3.63) is 29.8 Å². The van der Waals surface area contributed by atoms with Crippen molar-refractivity contribution in [2.75, 3.05) is 20.1 Å². The highest BCUT2D eigenvalue weighted by Crippen LogP contribution is 2.26. The molecule has 104 valence electrons. The van der Waals surface area contributed by atoms with Crippen LogP contribution in [0, 0.1) is 0 Å². The van der Waals surface area contributed by atoms with Crippen LogP contribution >= 0.6 is 0 Å². The number of ether oxygens (including phenoxy) is 1. The van der Waals surface area contributed by atoms with Crippen molar-refractivity contribution < 1.29 is 14.6 Å². The first-order valence-corrected chi connectivity index (χ1v) is 6.50. The number of para-hydroxylation sites is 1. The maximum absolute atomic E-state index is 11.0. The maximum Gasteiger partial charge on any atom is 0.325 e. The summed E-state index contributed by atoms with van der Waals surface area (Å²) in [5, 5.41) is 9.02. The Hall–Kier alpha value is -1.59. The molecule has 2 unspecified atom stereocenters. The van der Waals surface area contributed by atoms with Gasteiger partial charge in [-0.25, -0.2) is 0 Å². The van der Waals surface area contributed by atoms with Gasteiger partial charge in [0.05, 0.1) is 0 Å². The summed E-state index contributed by atoms with van der Waals surface area (Å²) >= 11 is 0. The number of aliphatic carboxylic acids is 1. The topological polar surface area (TPSA) is 75.8 Å². The Morgan fingerprint density at radius 1 is 1.53 bits per heavy atom.